The Balaban J connectivity index is 0.00000172. The molecule has 8 nitrogen and oxygen atoms in total. The molecule has 1 amide bonds. The highest BCUT2D eigenvalue weighted by Gasteiger charge is 2.11. The highest BCUT2D eigenvalue weighted by Crippen LogP contribution is 2.05. The van der Waals surface area contributed by atoms with Gasteiger partial charge < -0.3 is 23.6 Å². The Morgan fingerprint density at radius 3 is 2.35 bits per heavy atom. The first-order chi connectivity index (χ1) is 9.49. The summed E-state index contributed by atoms with van der Waals surface area (Å²) in [6.07, 6.45) is -0.717. The van der Waals surface area contributed by atoms with Gasteiger partial charge in [-0.2, -0.15) is 0 Å². The van der Waals surface area contributed by atoms with Gasteiger partial charge in [-0.15, -0.1) is 0 Å². The monoisotopic (exact) mass is 289 g/mol. The highest BCUT2D eigenvalue weighted by molar-refractivity contribution is 5.67. The van der Waals surface area contributed by atoms with Crippen molar-refractivity contribution >= 4 is 12.1 Å². The van der Waals surface area contributed by atoms with Crippen molar-refractivity contribution in [1.29, 1.82) is 0 Å². The van der Waals surface area contributed by atoms with E-state index in [4.69, 9.17) is 4.74 Å². The molecule has 1 N–H and O–H groups in total. The van der Waals surface area contributed by atoms with E-state index in [2.05, 4.69) is 18.9 Å². The Kier molecular flexibility index (Phi) is 8.56. The molecule has 0 unspecified atom stereocenters. The summed E-state index contributed by atoms with van der Waals surface area (Å²) < 4.78 is 18.5. The predicted octanol–water partition coefficient (Wildman–Crippen LogP) is 1.36. The van der Waals surface area contributed by atoms with Gasteiger partial charge in [0.25, 0.3) is 0 Å². The molecule has 0 radical (unpaired) electrons. The molecule has 0 fully saturated rings. The number of carbonyl (C=O) groups is 2. The van der Waals surface area contributed by atoms with Crippen LogP contribution in [0.3, 0.4) is 0 Å². The van der Waals surface area contributed by atoms with Crippen molar-refractivity contribution in [2.24, 2.45) is 0 Å². The summed E-state index contributed by atoms with van der Waals surface area (Å²) in [5.74, 6) is -0.870. The van der Waals surface area contributed by atoms with Gasteiger partial charge in [-0.1, -0.05) is 13.8 Å². The summed E-state index contributed by atoms with van der Waals surface area (Å²) in [6, 6.07) is 0. The maximum Gasteiger partial charge on any atom is 0.519 e. The van der Waals surface area contributed by atoms with E-state index in [1.54, 1.807) is 0 Å². The minimum Gasteiger partial charge on any atom is -0.464 e. The van der Waals surface area contributed by atoms with Crippen LogP contribution in [0.25, 0.3) is 0 Å². The third-order valence-corrected chi connectivity index (χ3v) is 1.85. The van der Waals surface area contributed by atoms with E-state index in [0.29, 0.717) is 0 Å². The molecular formula is C12H19NO7. The number of carbonyl (C=O) groups excluding carboxylic acids is 2. The third kappa shape index (κ3) is 7.24. The van der Waals surface area contributed by atoms with Crippen LogP contribution < -0.4 is 11.1 Å². The van der Waals surface area contributed by atoms with Crippen molar-refractivity contribution in [2.45, 2.75) is 34.3 Å². The topological polar surface area (TPSA) is 108 Å². The second-order valence-corrected chi connectivity index (χ2v) is 3.28. The van der Waals surface area contributed by atoms with Gasteiger partial charge in [0.2, 0.25) is 0 Å². The van der Waals surface area contributed by atoms with Crippen LogP contribution in [0.4, 0.5) is 4.79 Å². The summed E-state index contributed by atoms with van der Waals surface area (Å²) in [5.41, 5.74) is 0. The molecule has 114 valence electrons. The van der Waals surface area contributed by atoms with E-state index < -0.39 is 17.9 Å². The zero-order valence-electron chi connectivity index (χ0n) is 12.0. The van der Waals surface area contributed by atoms with E-state index in [1.165, 1.54) is 13.8 Å². The number of hydrogen-bond donors (Lipinski definition) is 1. The second kappa shape index (κ2) is 9.65. The van der Waals surface area contributed by atoms with Gasteiger partial charge in [-0.05, 0) is 6.92 Å². The van der Waals surface area contributed by atoms with Crippen LogP contribution >= 0.6 is 0 Å². The van der Waals surface area contributed by atoms with Crippen molar-refractivity contribution in [3.8, 4) is 0 Å². The van der Waals surface area contributed by atoms with Gasteiger partial charge in [0, 0.05) is 6.92 Å². The van der Waals surface area contributed by atoms with Crippen molar-refractivity contribution in [1.82, 2.24) is 5.32 Å². The Hall–Kier alpha value is -2.25. The fraction of sp³-hybridized carbons (Fsp3) is 0.583. The number of ether oxygens (including phenoxy) is 2. The molecule has 20 heavy (non-hydrogen) atoms. The van der Waals surface area contributed by atoms with Crippen LogP contribution in [0.15, 0.2) is 13.6 Å². The zero-order chi connectivity index (χ0) is 15.5. The van der Waals surface area contributed by atoms with Gasteiger partial charge in [0.05, 0.1) is 6.54 Å². The van der Waals surface area contributed by atoms with E-state index in [1.807, 2.05) is 13.8 Å². The Morgan fingerprint density at radius 1 is 1.20 bits per heavy atom. The lowest BCUT2D eigenvalue weighted by Gasteiger charge is -2.05. The Labute approximate surface area is 116 Å². The smallest absolute Gasteiger partial charge is 0.464 e. The maximum atomic E-state index is 11.2. The molecule has 0 aromatic carbocycles. The van der Waals surface area contributed by atoms with Crippen LogP contribution in [0.5, 0.6) is 0 Å². The number of rotatable bonds is 5. The summed E-state index contributed by atoms with van der Waals surface area (Å²) in [7, 11) is 0. The van der Waals surface area contributed by atoms with Gasteiger partial charge in [0.15, 0.2) is 18.1 Å². The van der Waals surface area contributed by atoms with Crippen molar-refractivity contribution in [3.63, 3.8) is 0 Å². The van der Waals surface area contributed by atoms with Gasteiger partial charge in [0.1, 0.15) is 6.61 Å². The van der Waals surface area contributed by atoms with E-state index in [0.717, 1.165) is 0 Å². The molecule has 0 aliphatic heterocycles. The highest BCUT2D eigenvalue weighted by atomic mass is 16.6. The fourth-order valence-electron chi connectivity index (χ4n) is 1.04. The van der Waals surface area contributed by atoms with Crippen LogP contribution in [-0.2, 0) is 20.9 Å². The van der Waals surface area contributed by atoms with Crippen LogP contribution in [0.1, 0.15) is 32.3 Å². The summed E-state index contributed by atoms with van der Waals surface area (Å²) >= 11 is 0. The lowest BCUT2D eigenvalue weighted by atomic mass is 10.4. The van der Waals surface area contributed by atoms with Crippen LogP contribution in [-0.4, -0.2) is 25.2 Å². The standard InChI is InChI=1S/C10H13NO7.C2H6/c1-6-8(18-10(14)17-6)5-16-9(13)11-3-4-15-7(2)12;1-2/h3-5H2,1-2H3,(H,11,13);1-2H3. The quantitative estimate of drug-likeness (QED) is 0.643. The number of alkyl carbamates (subject to hydrolysis) is 1. The van der Waals surface area contributed by atoms with Gasteiger partial charge in [-0.25, -0.2) is 9.59 Å². The summed E-state index contributed by atoms with van der Waals surface area (Å²) in [4.78, 5) is 32.3. The number of hydrogen-bond acceptors (Lipinski definition) is 7. The minimum atomic E-state index is -0.846. The molecule has 1 aromatic rings. The first-order valence-electron chi connectivity index (χ1n) is 6.12. The largest absolute Gasteiger partial charge is 0.519 e. The number of amides is 1. The molecule has 1 aromatic heterocycles. The SMILES string of the molecule is CC.CC(=O)OCCNC(=O)OCc1oc(=O)oc1C. The normalized spacial score (nSPS) is 9.20. The summed E-state index contributed by atoms with van der Waals surface area (Å²) in [6.45, 7) is 6.76. The predicted molar refractivity (Wildman–Crippen MR) is 68.1 cm³/mol. The van der Waals surface area contributed by atoms with Gasteiger partial charge in [-0.3, -0.25) is 4.79 Å². The van der Waals surface area contributed by atoms with Crippen LogP contribution in [0.2, 0.25) is 0 Å². The summed E-state index contributed by atoms with van der Waals surface area (Å²) in [5, 5.41) is 2.35. The minimum absolute atomic E-state index is 0.0598. The first kappa shape index (κ1) is 17.8. The first-order valence-corrected chi connectivity index (χ1v) is 6.12. The van der Waals surface area contributed by atoms with Crippen molar-refractivity contribution < 1.29 is 27.9 Å². The van der Waals surface area contributed by atoms with Gasteiger partial charge >= 0.3 is 17.9 Å². The number of esters is 1. The number of nitrogens with one attached hydrogen (secondary N) is 1. The molecular weight excluding hydrogens is 270 g/mol. The molecule has 0 spiro atoms. The average Bonchev–Trinajstić information content (AvgIpc) is 2.73. The van der Waals surface area contributed by atoms with Crippen molar-refractivity contribution in [3.05, 3.63) is 22.1 Å². The Morgan fingerprint density at radius 2 is 1.85 bits per heavy atom. The second-order valence-electron chi connectivity index (χ2n) is 3.28. The molecule has 0 aliphatic rings. The van der Waals surface area contributed by atoms with Crippen LogP contribution in [0, 0.1) is 6.92 Å². The molecule has 0 bridgehead atoms. The molecule has 0 saturated heterocycles. The molecule has 0 atom stereocenters. The molecule has 8 heteroatoms. The molecule has 0 saturated carbocycles. The molecule has 0 aliphatic carbocycles. The third-order valence-electron chi connectivity index (χ3n) is 1.85. The van der Waals surface area contributed by atoms with E-state index >= 15 is 0 Å². The molecule has 1 rings (SSSR count). The van der Waals surface area contributed by atoms with E-state index in [9.17, 15) is 14.4 Å². The number of aryl methyl sites for hydroxylation is 1. The molecule has 1 heterocycles. The van der Waals surface area contributed by atoms with Crippen molar-refractivity contribution in [2.75, 3.05) is 13.2 Å². The fourth-order valence-corrected chi connectivity index (χ4v) is 1.04. The lowest BCUT2D eigenvalue weighted by Crippen LogP contribution is -2.28. The average molecular weight is 289 g/mol. The zero-order valence-corrected chi connectivity index (χ0v) is 12.0. The van der Waals surface area contributed by atoms with E-state index in [-0.39, 0.29) is 31.3 Å². The Bertz CT molecular complexity index is 474. The lowest BCUT2D eigenvalue weighted by molar-refractivity contribution is -0.140. The maximum absolute atomic E-state index is 11.2.